The molecular formula is C19H20N2O. The van der Waals surface area contributed by atoms with Gasteiger partial charge in [-0.25, -0.2) is 0 Å². The average Bonchev–Trinajstić information content (AvgIpc) is 2.81. The molecule has 2 heterocycles. The molecule has 0 saturated carbocycles. The van der Waals surface area contributed by atoms with Crippen LogP contribution in [0.1, 0.15) is 22.9 Å². The molecule has 3 nitrogen and oxygen atoms in total. The molecule has 0 unspecified atom stereocenters. The Morgan fingerprint density at radius 2 is 1.77 bits per heavy atom. The van der Waals surface area contributed by atoms with Gasteiger partial charge in [0.1, 0.15) is 6.17 Å². The molecule has 1 amide bonds. The van der Waals surface area contributed by atoms with Crippen molar-refractivity contribution in [2.24, 2.45) is 0 Å². The second-order valence-corrected chi connectivity index (χ2v) is 6.23. The third kappa shape index (κ3) is 2.04. The summed E-state index contributed by atoms with van der Waals surface area (Å²) >= 11 is 0. The molecule has 0 N–H and O–H groups in total. The second kappa shape index (κ2) is 5.25. The predicted molar refractivity (Wildman–Crippen MR) is 86.3 cm³/mol. The molecule has 0 aliphatic carbocycles. The highest BCUT2D eigenvalue weighted by Crippen LogP contribution is 2.38. The van der Waals surface area contributed by atoms with Gasteiger partial charge in [-0.2, -0.15) is 0 Å². The van der Waals surface area contributed by atoms with E-state index in [1.54, 1.807) is 0 Å². The fourth-order valence-corrected chi connectivity index (χ4v) is 3.82. The smallest absolute Gasteiger partial charge is 0.241 e. The standard InChI is InChI=1S/C19H20N2O/c1-20-17(13-14-7-3-2-4-8-14)19(22)21-12-11-15-9-5-6-10-16(15)18(20)21/h2-10,17-18H,11-13H2,1H3/t17-,18-/m0/s1. The van der Waals surface area contributed by atoms with E-state index in [2.05, 4.69) is 53.2 Å². The third-order valence-corrected chi connectivity index (χ3v) is 4.97. The van der Waals surface area contributed by atoms with Crippen molar-refractivity contribution in [2.75, 3.05) is 13.6 Å². The van der Waals surface area contributed by atoms with Crippen LogP contribution in [0.4, 0.5) is 0 Å². The molecule has 0 bridgehead atoms. The van der Waals surface area contributed by atoms with Crippen LogP contribution in [0, 0.1) is 0 Å². The van der Waals surface area contributed by atoms with Crippen LogP contribution in [0.3, 0.4) is 0 Å². The van der Waals surface area contributed by atoms with Gasteiger partial charge >= 0.3 is 0 Å². The number of carbonyl (C=O) groups excluding carboxylic acids is 1. The molecule has 3 heteroatoms. The normalized spacial score (nSPS) is 24.2. The Labute approximate surface area is 131 Å². The summed E-state index contributed by atoms with van der Waals surface area (Å²) in [6.45, 7) is 0.830. The molecule has 22 heavy (non-hydrogen) atoms. The van der Waals surface area contributed by atoms with E-state index in [0.29, 0.717) is 0 Å². The van der Waals surface area contributed by atoms with Crippen LogP contribution in [0.25, 0.3) is 0 Å². The lowest BCUT2D eigenvalue weighted by Crippen LogP contribution is -2.36. The van der Waals surface area contributed by atoms with E-state index >= 15 is 0 Å². The highest BCUT2D eigenvalue weighted by molar-refractivity contribution is 5.85. The number of likely N-dealkylation sites (N-methyl/N-ethyl adjacent to an activating group) is 1. The molecule has 4 rings (SSSR count). The van der Waals surface area contributed by atoms with E-state index in [1.165, 1.54) is 16.7 Å². The molecule has 1 fully saturated rings. The second-order valence-electron chi connectivity index (χ2n) is 6.23. The fourth-order valence-electron chi connectivity index (χ4n) is 3.82. The first-order valence-electron chi connectivity index (χ1n) is 7.90. The van der Waals surface area contributed by atoms with Crippen molar-refractivity contribution in [3.05, 3.63) is 71.3 Å². The monoisotopic (exact) mass is 292 g/mol. The Kier molecular flexibility index (Phi) is 3.23. The van der Waals surface area contributed by atoms with Gasteiger partial charge in [-0.05, 0) is 36.6 Å². The summed E-state index contributed by atoms with van der Waals surface area (Å²) in [5, 5.41) is 0. The minimum Gasteiger partial charge on any atom is -0.321 e. The minimum absolute atomic E-state index is 0.0569. The van der Waals surface area contributed by atoms with Gasteiger partial charge < -0.3 is 4.90 Å². The summed E-state index contributed by atoms with van der Waals surface area (Å²) < 4.78 is 0. The van der Waals surface area contributed by atoms with Gasteiger partial charge in [0.2, 0.25) is 5.91 Å². The van der Waals surface area contributed by atoms with E-state index in [9.17, 15) is 4.79 Å². The Balaban J connectivity index is 1.66. The lowest BCUT2D eigenvalue weighted by Gasteiger charge is -2.34. The topological polar surface area (TPSA) is 23.6 Å². The summed E-state index contributed by atoms with van der Waals surface area (Å²) in [7, 11) is 2.08. The zero-order valence-electron chi connectivity index (χ0n) is 12.8. The number of rotatable bonds is 2. The Hall–Kier alpha value is -2.13. The predicted octanol–water partition coefficient (Wildman–Crippen LogP) is 2.63. The Morgan fingerprint density at radius 3 is 2.59 bits per heavy atom. The van der Waals surface area contributed by atoms with Crippen LogP contribution in [0.2, 0.25) is 0 Å². The zero-order valence-corrected chi connectivity index (χ0v) is 12.8. The third-order valence-electron chi connectivity index (χ3n) is 4.97. The molecule has 2 aliphatic heterocycles. The van der Waals surface area contributed by atoms with Crippen LogP contribution in [-0.2, 0) is 17.6 Å². The number of hydrogen-bond donors (Lipinski definition) is 0. The molecule has 2 aliphatic rings. The molecule has 2 atom stereocenters. The van der Waals surface area contributed by atoms with Crippen molar-refractivity contribution in [2.45, 2.75) is 25.0 Å². The van der Waals surface area contributed by atoms with E-state index in [-0.39, 0.29) is 18.1 Å². The first-order chi connectivity index (χ1) is 10.8. The molecule has 0 spiro atoms. The van der Waals surface area contributed by atoms with Crippen molar-refractivity contribution in [3.8, 4) is 0 Å². The molecule has 1 saturated heterocycles. The Morgan fingerprint density at radius 1 is 1.05 bits per heavy atom. The van der Waals surface area contributed by atoms with Gasteiger partial charge in [0, 0.05) is 6.54 Å². The van der Waals surface area contributed by atoms with Crippen LogP contribution in [-0.4, -0.2) is 35.3 Å². The lowest BCUT2D eigenvalue weighted by molar-refractivity contribution is -0.130. The van der Waals surface area contributed by atoms with Crippen LogP contribution >= 0.6 is 0 Å². The number of hydrogen-bond acceptors (Lipinski definition) is 2. The molecule has 2 aromatic rings. The van der Waals surface area contributed by atoms with Crippen LogP contribution in [0.5, 0.6) is 0 Å². The van der Waals surface area contributed by atoms with Crippen molar-refractivity contribution in [1.29, 1.82) is 0 Å². The van der Waals surface area contributed by atoms with E-state index in [1.807, 2.05) is 18.2 Å². The average molecular weight is 292 g/mol. The highest BCUT2D eigenvalue weighted by Gasteiger charge is 2.46. The zero-order chi connectivity index (χ0) is 15.1. The lowest BCUT2D eigenvalue weighted by atomic mass is 9.97. The summed E-state index contributed by atoms with van der Waals surface area (Å²) in [6, 6.07) is 18.8. The van der Waals surface area contributed by atoms with Gasteiger partial charge in [0.05, 0.1) is 6.04 Å². The van der Waals surface area contributed by atoms with Gasteiger partial charge in [-0.15, -0.1) is 0 Å². The summed E-state index contributed by atoms with van der Waals surface area (Å²) in [6.07, 6.45) is 1.85. The first kappa shape index (κ1) is 13.5. The quantitative estimate of drug-likeness (QED) is 0.849. The number of amides is 1. The molecule has 2 aromatic carbocycles. The summed E-state index contributed by atoms with van der Waals surface area (Å²) in [4.78, 5) is 17.1. The minimum atomic E-state index is -0.0569. The molecule has 0 aromatic heterocycles. The van der Waals surface area contributed by atoms with Crippen LogP contribution < -0.4 is 0 Å². The largest absolute Gasteiger partial charge is 0.321 e. The van der Waals surface area contributed by atoms with Crippen molar-refractivity contribution < 1.29 is 4.79 Å². The van der Waals surface area contributed by atoms with Gasteiger partial charge in [-0.1, -0.05) is 54.6 Å². The number of carbonyl (C=O) groups is 1. The molecular weight excluding hydrogens is 272 g/mol. The Bertz CT molecular complexity index is 698. The van der Waals surface area contributed by atoms with Crippen molar-refractivity contribution >= 4 is 5.91 Å². The maximum Gasteiger partial charge on any atom is 0.241 e. The summed E-state index contributed by atoms with van der Waals surface area (Å²) in [5.41, 5.74) is 3.89. The fraction of sp³-hybridized carbons (Fsp3) is 0.316. The maximum absolute atomic E-state index is 12.8. The van der Waals surface area contributed by atoms with Gasteiger partial charge in [0.25, 0.3) is 0 Å². The number of nitrogens with zero attached hydrogens (tertiary/aromatic N) is 2. The molecule has 0 radical (unpaired) electrons. The van der Waals surface area contributed by atoms with Crippen LogP contribution in [0.15, 0.2) is 54.6 Å². The SMILES string of the molecule is CN1[C@@H]2c3ccccc3CCN2C(=O)[C@@H]1Cc1ccccc1. The van der Waals surface area contributed by atoms with E-state index in [4.69, 9.17) is 0 Å². The number of benzene rings is 2. The first-order valence-corrected chi connectivity index (χ1v) is 7.90. The highest BCUT2D eigenvalue weighted by atomic mass is 16.2. The summed E-state index contributed by atoms with van der Waals surface area (Å²) in [5.74, 6) is 0.269. The maximum atomic E-state index is 12.8. The van der Waals surface area contributed by atoms with Crippen molar-refractivity contribution in [1.82, 2.24) is 9.80 Å². The van der Waals surface area contributed by atoms with E-state index in [0.717, 1.165) is 19.4 Å². The van der Waals surface area contributed by atoms with Gasteiger partial charge in [-0.3, -0.25) is 9.69 Å². The van der Waals surface area contributed by atoms with Gasteiger partial charge in [0.15, 0.2) is 0 Å². The number of fused-ring (bicyclic) bond motifs is 3. The molecule has 112 valence electrons. The van der Waals surface area contributed by atoms with E-state index < -0.39 is 0 Å². The van der Waals surface area contributed by atoms with Crippen molar-refractivity contribution in [3.63, 3.8) is 0 Å².